The molecule has 0 spiro atoms. The van der Waals surface area contributed by atoms with Crippen molar-refractivity contribution in [2.24, 2.45) is 0 Å². The summed E-state index contributed by atoms with van der Waals surface area (Å²) in [6.07, 6.45) is 0. The summed E-state index contributed by atoms with van der Waals surface area (Å²) in [6.45, 7) is 1.82. The molecule has 0 fully saturated rings. The number of hydrogen-bond acceptors (Lipinski definition) is 4. The zero-order valence-electron chi connectivity index (χ0n) is 17.8. The first kappa shape index (κ1) is 22.7. The lowest BCUT2D eigenvalue weighted by Crippen LogP contribution is -2.30. The van der Waals surface area contributed by atoms with Gasteiger partial charge in [0.2, 0.25) is 0 Å². The van der Waals surface area contributed by atoms with Crippen molar-refractivity contribution in [3.63, 3.8) is 0 Å². The van der Waals surface area contributed by atoms with Gasteiger partial charge in [0.05, 0.1) is 28.4 Å². The van der Waals surface area contributed by atoms with Crippen LogP contribution in [0.25, 0.3) is 22.4 Å². The smallest absolute Gasteiger partial charge is 0.261 e. The van der Waals surface area contributed by atoms with E-state index in [9.17, 15) is 9.59 Å². The monoisotopic (exact) mass is 551 g/mol. The molecule has 0 saturated carbocycles. The topological polar surface area (TPSA) is 63.2 Å². The minimum Gasteiger partial charge on any atom is -0.269 e. The van der Waals surface area contributed by atoms with Crippen LogP contribution in [-0.4, -0.2) is 26.7 Å². The Morgan fingerprint density at radius 3 is 2.12 bits per heavy atom. The van der Waals surface area contributed by atoms with Gasteiger partial charge in [-0.2, -0.15) is 0 Å². The Balaban J connectivity index is 1.63. The van der Waals surface area contributed by atoms with Crippen LogP contribution in [0.5, 0.6) is 0 Å². The SMILES string of the molecule is Cc1nc(CN2C(=O)c3ccccc3C2=O)nc(-c2ccc(Cl)cc2Cl)c1-c1ccc(Br)cc1. The second kappa shape index (κ2) is 8.95. The molecule has 0 N–H and O–H groups in total. The van der Waals surface area contributed by atoms with Crippen molar-refractivity contribution in [1.82, 2.24) is 14.9 Å². The van der Waals surface area contributed by atoms with Crippen molar-refractivity contribution in [3.8, 4) is 22.4 Å². The van der Waals surface area contributed by atoms with Crippen LogP contribution >= 0.6 is 39.1 Å². The fourth-order valence-electron chi connectivity index (χ4n) is 4.06. The standard InChI is InChI=1S/C26H16BrCl2N3O2/c1-14-23(15-6-8-16(27)9-7-15)24(20-11-10-17(28)12-21(20)29)31-22(30-14)13-32-25(33)18-4-2-3-5-19(18)26(32)34/h2-12H,13H2,1H3. The molecular formula is C26H16BrCl2N3O2. The highest BCUT2D eigenvalue weighted by atomic mass is 79.9. The Hall–Kier alpha value is -3.06. The molecule has 4 aromatic rings. The number of aryl methyl sites for hydroxylation is 1. The van der Waals surface area contributed by atoms with Gasteiger partial charge in [-0.3, -0.25) is 14.5 Å². The summed E-state index contributed by atoms with van der Waals surface area (Å²) in [5.41, 5.74) is 4.47. The third kappa shape index (κ3) is 4.02. The van der Waals surface area contributed by atoms with Gasteiger partial charge in [-0.15, -0.1) is 0 Å². The number of benzene rings is 3. The molecule has 0 bridgehead atoms. The first-order valence-electron chi connectivity index (χ1n) is 10.4. The van der Waals surface area contributed by atoms with Crippen LogP contribution in [0.4, 0.5) is 0 Å². The predicted octanol–water partition coefficient (Wildman–Crippen LogP) is 6.98. The zero-order valence-corrected chi connectivity index (χ0v) is 20.9. The molecule has 0 unspecified atom stereocenters. The van der Waals surface area contributed by atoms with Crippen LogP contribution in [-0.2, 0) is 6.54 Å². The molecular weight excluding hydrogens is 537 g/mol. The summed E-state index contributed by atoms with van der Waals surface area (Å²) >= 11 is 16.2. The van der Waals surface area contributed by atoms with Crippen LogP contribution in [0.1, 0.15) is 32.2 Å². The first-order valence-corrected chi connectivity index (χ1v) is 11.9. The minimum atomic E-state index is -0.357. The lowest BCUT2D eigenvalue weighted by atomic mass is 9.97. The van der Waals surface area contributed by atoms with Gasteiger partial charge < -0.3 is 0 Å². The number of amides is 2. The summed E-state index contributed by atoms with van der Waals surface area (Å²) in [4.78, 5) is 36.4. The number of carbonyl (C=O) groups is 2. The normalized spacial score (nSPS) is 12.9. The molecule has 1 aliphatic rings. The molecule has 1 aromatic heterocycles. The third-order valence-electron chi connectivity index (χ3n) is 5.63. The summed E-state index contributed by atoms with van der Waals surface area (Å²) in [7, 11) is 0. The Morgan fingerprint density at radius 2 is 1.50 bits per heavy atom. The molecule has 2 amide bonds. The molecule has 0 saturated heterocycles. The van der Waals surface area contributed by atoms with E-state index in [-0.39, 0.29) is 18.4 Å². The highest BCUT2D eigenvalue weighted by Crippen LogP contribution is 2.38. The molecule has 0 aliphatic carbocycles. The van der Waals surface area contributed by atoms with E-state index in [1.165, 1.54) is 4.90 Å². The lowest BCUT2D eigenvalue weighted by molar-refractivity contribution is 0.0638. The number of halogens is 3. The number of carbonyl (C=O) groups excluding carboxylic acids is 2. The fourth-order valence-corrected chi connectivity index (χ4v) is 4.83. The van der Waals surface area contributed by atoms with E-state index in [4.69, 9.17) is 28.2 Å². The van der Waals surface area contributed by atoms with Gasteiger partial charge >= 0.3 is 0 Å². The average Bonchev–Trinajstić information content (AvgIpc) is 3.05. The van der Waals surface area contributed by atoms with E-state index in [2.05, 4.69) is 20.9 Å². The van der Waals surface area contributed by atoms with Gasteiger partial charge in [0.15, 0.2) is 0 Å². The fraction of sp³-hybridized carbons (Fsp3) is 0.0769. The molecule has 34 heavy (non-hydrogen) atoms. The molecule has 0 radical (unpaired) electrons. The first-order chi connectivity index (χ1) is 16.3. The third-order valence-corrected chi connectivity index (χ3v) is 6.71. The molecule has 5 nitrogen and oxygen atoms in total. The van der Waals surface area contributed by atoms with Crippen molar-refractivity contribution in [2.75, 3.05) is 0 Å². The van der Waals surface area contributed by atoms with Gasteiger partial charge in [0.25, 0.3) is 11.8 Å². The van der Waals surface area contributed by atoms with Crippen LogP contribution in [0, 0.1) is 6.92 Å². The largest absolute Gasteiger partial charge is 0.269 e. The van der Waals surface area contributed by atoms with Gasteiger partial charge in [-0.05, 0) is 55.0 Å². The second-order valence-corrected chi connectivity index (χ2v) is 9.58. The molecule has 3 aromatic carbocycles. The number of hydrogen-bond donors (Lipinski definition) is 0. The van der Waals surface area contributed by atoms with E-state index in [1.807, 2.05) is 31.2 Å². The molecule has 5 rings (SSSR count). The van der Waals surface area contributed by atoms with Crippen LogP contribution in [0.2, 0.25) is 10.0 Å². The van der Waals surface area contributed by atoms with Crippen LogP contribution in [0.15, 0.2) is 71.2 Å². The molecule has 0 atom stereocenters. The van der Waals surface area contributed by atoms with Crippen LogP contribution in [0.3, 0.4) is 0 Å². The lowest BCUT2D eigenvalue weighted by Gasteiger charge is -2.18. The Labute approximate surface area is 214 Å². The maximum Gasteiger partial charge on any atom is 0.261 e. The predicted molar refractivity (Wildman–Crippen MR) is 136 cm³/mol. The van der Waals surface area contributed by atoms with E-state index in [0.29, 0.717) is 43.9 Å². The molecule has 2 heterocycles. The van der Waals surface area contributed by atoms with E-state index in [1.54, 1.807) is 42.5 Å². The Morgan fingerprint density at radius 1 is 0.853 bits per heavy atom. The van der Waals surface area contributed by atoms with Gasteiger partial charge in [-0.25, -0.2) is 9.97 Å². The zero-order chi connectivity index (χ0) is 24.0. The molecule has 168 valence electrons. The Kier molecular flexibility index (Phi) is 5.98. The highest BCUT2D eigenvalue weighted by molar-refractivity contribution is 9.10. The number of nitrogens with zero attached hydrogens (tertiary/aromatic N) is 3. The van der Waals surface area contributed by atoms with Crippen molar-refractivity contribution in [3.05, 3.63) is 104 Å². The number of fused-ring (bicyclic) bond motifs is 1. The maximum absolute atomic E-state index is 12.9. The molecule has 1 aliphatic heterocycles. The number of aromatic nitrogens is 2. The Bertz CT molecular complexity index is 1440. The summed E-state index contributed by atoms with van der Waals surface area (Å²) < 4.78 is 0.947. The van der Waals surface area contributed by atoms with Crippen molar-refractivity contribution in [1.29, 1.82) is 0 Å². The van der Waals surface area contributed by atoms with Crippen molar-refractivity contribution < 1.29 is 9.59 Å². The summed E-state index contributed by atoms with van der Waals surface area (Å²) in [6, 6.07) is 19.8. The second-order valence-electron chi connectivity index (χ2n) is 7.82. The van der Waals surface area contributed by atoms with Gasteiger partial charge in [0, 0.05) is 26.3 Å². The summed E-state index contributed by atoms with van der Waals surface area (Å²) in [5, 5.41) is 0.951. The van der Waals surface area contributed by atoms with Crippen molar-refractivity contribution >= 4 is 50.9 Å². The van der Waals surface area contributed by atoms with E-state index in [0.717, 1.165) is 15.6 Å². The van der Waals surface area contributed by atoms with Gasteiger partial charge in [-0.1, -0.05) is 63.4 Å². The summed E-state index contributed by atoms with van der Waals surface area (Å²) in [5.74, 6) is -0.372. The van der Waals surface area contributed by atoms with Crippen molar-refractivity contribution in [2.45, 2.75) is 13.5 Å². The van der Waals surface area contributed by atoms with Crippen LogP contribution < -0.4 is 0 Å². The van der Waals surface area contributed by atoms with E-state index < -0.39 is 0 Å². The molecule has 8 heteroatoms. The highest BCUT2D eigenvalue weighted by Gasteiger charge is 2.35. The van der Waals surface area contributed by atoms with Gasteiger partial charge in [0.1, 0.15) is 5.82 Å². The number of imide groups is 1. The average molecular weight is 553 g/mol. The maximum atomic E-state index is 12.9. The minimum absolute atomic E-state index is 0.0496. The van der Waals surface area contributed by atoms with E-state index >= 15 is 0 Å². The quantitative estimate of drug-likeness (QED) is 0.256. The number of rotatable bonds is 4.